The molecule has 2 aromatic rings. The molecule has 0 aromatic heterocycles. The Morgan fingerprint density at radius 2 is 1.95 bits per heavy atom. The van der Waals surface area contributed by atoms with E-state index in [4.69, 9.17) is 11.6 Å². The van der Waals surface area contributed by atoms with Crippen molar-refractivity contribution in [3.8, 4) is 0 Å². The summed E-state index contributed by atoms with van der Waals surface area (Å²) >= 11 is 5.80. The Hall–Kier alpha value is -2.07. The van der Waals surface area contributed by atoms with Crippen molar-refractivity contribution < 1.29 is 9.18 Å². The number of amides is 2. The van der Waals surface area contributed by atoms with Crippen LogP contribution >= 0.6 is 11.6 Å². The third-order valence-electron chi connectivity index (χ3n) is 2.45. The molecular formula is C14H12ClFN2O. The van der Waals surface area contributed by atoms with Gasteiger partial charge in [-0.3, -0.25) is 0 Å². The van der Waals surface area contributed by atoms with Crippen molar-refractivity contribution in [3.63, 3.8) is 0 Å². The summed E-state index contributed by atoms with van der Waals surface area (Å²) in [5, 5.41) is 5.54. The molecule has 0 spiro atoms. The molecule has 2 aromatic carbocycles. The lowest BCUT2D eigenvalue weighted by Crippen LogP contribution is -2.20. The van der Waals surface area contributed by atoms with Gasteiger partial charge in [0.25, 0.3) is 0 Å². The minimum absolute atomic E-state index is 0.138. The van der Waals surface area contributed by atoms with E-state index in [1.165, 1.54) is 6.07 Å². The minimum Gasteiger partial charge on any atom is -0.308 e. The fraction of sp³-hybridized carbons (Fsp3) is 0.0714. The van der Waals surface area contributed by atoms with Crippen LogP contribution in [0.25, 0.3) is 0 Å². The van der Waals surface area contributed by atoms with Crippen LogP contribution < -0.4 is 10.6 Å². The second-order valence-electron chi connectivity index (χ2n) is 4.07. The number of hydrogen-bond acceptors (Lipinski definition) is 1. The number of benzene rings is 2. The lowest BCUT2D eigenvalue weighted by atomic mass is 10.2. The van der Waals surface area contributed by atoms with E-state index in [2.05, 4.69) is 10.6 Å². The first kappa shape index (κ1) is 13.4. The summed E-state index contributed by atoms with van der Waals surface area (Å²) in [4.78, 5) is 11.7. The molecule has 0 radical (unpaired) electrons. The SMILES string of the molecule is Cc1ccc(F)c(NC(=O)Nc2cccc(Cl)c2)c1. The molecule has 3 nitrogen and oxygen atoms in total. The molecule has 0 aliphatic carbocycles. The molecule has 0 aliphatic heterocycles. The molecule has 0 fully saturated rings. The summed E-state index contributed by atoms with van der Waals surface area (Å²) in [6.45, 7) is 1.82. The smallest absolute Gasteiger partial charge is 0.308 e. The molecular weight excluding hydrogens is 267 g/mol. The van der Waals surface area contributed by atoms with Crippen LogP contribution in [0.3, 0.4) is 0 Å². The molecule has 0 atom stereocenters. The van der Waals surface area contributed by atoms with Crippen LogP contribution in [0.1, 0.15) is 5.56 Å². The normalized spacial score (nSPS) is 10.1. The fourth-order valence-corrected chi connectivity index (χ4v) is 1.78. The van der Waals surface area contributed by atoms with Crippen LogP contribution in [-0.2, 0) is 0 Å². The van der Waals surface area contributed by atoms with Gasteiger partial charge in [0, 0.05) is 10.7 Å². The highest BCUT2D eigenvalue weighted by atomic mass is 35.5. The second-order valence-corrected chi connectivity index (χ2v) is 4.51. The first-order valence-corrected chi connectivity index (χ1v) is 6.02. The average Bonchev–Trinajstić information content (AvgIpc) is 2.34. The Morgan fingerprint density at radius 1 is 1.16 bits per heavy atom. The quantitative estimate of drug-likeness (QED) is 0.838. The summed E-state index contributed by atoms with van der Waals surface area (Å²) in [7, 11) is 0. The zero-order valence-electron chi connectivity index (χ0n) is 10.2. The van der Waals surface area contributed by atoms with Gasteiger partial charge in [-0.25, -0.2) is 9.18 Å². The highest BCUT2D eigenvalue weighted by molar-refractivity contribution is 6.30. The molecule has 2 amide bonds. The van der Waals surface area contributed by atoms with E-state index in [1.807, 2.05) is 6.92 Å². The number of nitrogens with one attached hydrogen (secondary N) is 2. The van der Waals surface area contributed by atoms with Crippen LogP contribution in [0.15, 0.2) is 42.5 Å². The van der Waals surface area contributed by atoms with E-state index in [0.717, 1.165) is 5.56 Å². The zero-order chi connectivity index (χ0) is 13.8. The van der Waals surface area contributed by atoms with Gasteiger partial charge < -0.3 is 10.6 Å². The van der Waals surface area contributed by atoms with E-state index in [-0.39, 0.29) is 5.69 Å². The van der Waals surface area contributed by atoms with E-state index in [9.17, 15) is 9.18 Å². The van der Waals surface area contributed by atoms with Gasteiger partial charge in [-0.1, -0.05) is 23.7 Å². The number of carbonyl (C=O) groups is 1. The van der Waals surface area contributed by atoms with Gasteiger partial charge in [-0.05, 0) is 42.8 Å². The Kier molecular flexibility index (Phi) is 4.02. The first-order valence-electron chi connectivity index (χ1n) is 5.64. The Morgan fingerprint density at radius 3 is 2.68 bits per heavy atom. The number of aryl methyl sites for hydroxylation is 1. The molecule has 2 rings (SSSR count). The number of anilines is 2. The lowest BCUT2D eigenvalue weighted by molar-refractivity contribution is 0.262. The lowest BCUT2D eigenvalue weighted by Gasteiger charge is -2.09. The molecule has 98 valence electrons. The topological polar surface area (TPSA) is 41.1 Å². The van der Waals surface area contributed by atoms with E-state index in [0.29, 0.717) is 10.7 Å². The van der Waals surface area contributed by atoms with Gasteiger partial charge in [-0.15, -0.1) is 0 Å². The van der Waals surface area contributed by atoms with Crippen molar-refractivity contribution in [2.24, 2.45) is 0 Å². The van der Waals surface area contributed by atoms with Crippen molar-refractivity contribution in [2.45, 2.75) is 6.92 Å². The summed E-state index contributed by atoms with van der Waals surface area (Å²) in [5.74, 6) is -0.480. The maximum atomic E-state index is 13.5. The van der Waals surface area contributed by atoms with Crippen molar-refractivity contribution in [1.82, 2.24) is 0 Å². The first-order chi connectivity index (χ1) is 9.04. The molecule has 19 heavy (non-hydrogen) atoms. The Labute approximate surface area is 115 Å². The molecule has 0 saturated heterocycles. The van der Waals surface area contributed by atoms with Crippen LogP contribution in [0.5, 0.6) is 0 Å². The fourth-order valence-electron chi connectivity index (χ4n) is 1.59. The van der Waals surface area contributed by atoms with Gasteiger partial charge in [0.15, 0.2) is 0 Å². The summed E-state index contributed by atoms with van der Waals surface area (Å²) in [6.07, 6.45) is 0. The minimum atomic E-state index is -0.522. The molecule has 0 unspecified atom stereocenters. The summed E-state index contributed by atoms with van der Waals surface area (Å²) in [6, 6.07) is 10.7. The summed E-state index contributed by atoms with van der Waals surface area (Å²) < 4.78 is 13.5. The Balaban J connectivity index is 2.07. The standard InChI is InChI=1S/C14H12ClFN2O/c1-9-5-6-12(16)13(7-9)18-14(19)17-11-4-2-3-10(15)8-11/h2-8H,1H3,(H2,17,18,19). The molecule has 5 heteroatoms. The van der Waals surface area contributed by atoms with Gasteiger partial charge in [-0.2, -0.15) is 0 Å². The number of rotatable bonds is 2. The zero-order valence-corrected chi connectivity index (χ0v) is 11.0. The maximum absolute atomic E-state index is 13.5. The molecule has 0 saturated carbocycles. The van der Waals surface area contributed by atoms with Gasteiger partial charge in [0.05, 0.1) is 5.69 Å². The van der Waals surface area contributed by atoms with Crippen molar-refractivity contribution in [2.75, 3.05) is 10.6 Å². The number of carbonyl (C=O) groups excluding carboxylic acids is 1. The van der Waals surface area contributed by atoms with Gasteiger partial charge >= 0.3 is 6.03 Å². The molecule has 0 heterocycles. The van der Waals surface area contributed by atoms with Crippen molar-refractivity contribution in [1.29, 1.82) is 0 Å². The van der Waals surface area contributed by atoms with Gasteiger partial charge in [0.2, 0.25) is 0 Å². The number of halogens is 2. The molecule has 0 bridgehead atoms. The average molecular weight is 279 g/mol. The maximum Gasteiger partial charge on any atom is 0.323 e. The van der Waals surface area contributed by atoms with Gasteiger partial charge in [0.1, 0.15) is 5.82 Å². The highest BCUT2D eigenvalue weighted by Gasteiger charge is 2.07. The molecule has 0 aliphatic rings. The number of urea groups is 1. The predicted molar refractivity (Wildman–Crippen MR) is 75.2 cm³/mol. The third kappa shape index (κ3) is 3.69. The second kappa shape index (κ2) is 5.71. The highest BCUT2D eigenvalue weighted by Crippen LogP contribution is 2.17. The van der Waals surface area contributed by atoms with E-state index >= 15 is 0 Å². The predicted octanol–water partition coefficient (Wildman–Crippen LogP) is 4.43. The van der Waals surface area contributed by atoms with Crippen molar-refractivity contribution >= 4 is 29.0 Å². The van der Waals surface area contributed by atoms with E-state index in [1.54, 1.807) is 36.4 Å². The number of hydrogen-bond donors (Lipinski definition) is 2. The van der Waals surface area contributed by atoms with Crippen LogP contribution in [0.4, 0.5) is 20.6 Å². The van der Waals surface area contributed by atoms with Crippen LogP contribution in [0, 0.1) is 12.7 Å². The van der Waals surface area contributed by atoms with Crippen LogP contribution in [-0.4, -0.2) is 6.03 Å². The summed E-state index contributed by atoms with van der Waals surface area (Å²) in [5.41, 5.74) is 1.54. The monoisotopic (exact) mass is 278 g/mol. The van der Waals surface area contributed by atoms with Crippen LogP contribution in [0.2, 0.25) is 5.02 Å². The van der Waals surface area contributed by atoms with Crippen molar-refractivity contribution in [3.05, 3.63) is 58.9 Å². The Bertz CT molecular complexity index is 616. The largest absolute Gasteiger partial charge is 0.323 e. The molecule has 2 N–H and O–H groups in total. The van der Waals surface area contributed by atoms with E-state index < -0.39 is 11.8 Å². The third-order valence-corrected chi connectivity index (χ3v) is 2.69.